The third-order valence-corrected chi connectivity index (χ3v) is 21.2. The third kappa shape index (κ3) is 76.1. The third-order valence-electron chi connectivity index (χ3n) is 19.3. The van der Waals surface area contributed by atoms with Crippen molar-refractivity contribution in [2.45, 2.75) is 457 Å². The first-order chi connectivity index (χ1) is 49.0. The molecule has 0 aromatic heterocycles. The number of rotatable bonds is 82. The standard InChI is InChI=1S/C82H160O17P2/c1-6-9-12-15-18-21-24-27-30-33-34-36-39-42-45-48-51-58-63-67-81(86)98-77(71-92-79(84)65-60-55-49-46-43-40-38-35-31-28-25-22-19-16-13-10-7-2)73-96-100(88,89)94-69-76(83)70-95-101(90,91)97-74-78(72-93-80(85)66-61-56-53-52-54-59-64-75(4)5)99-82(87)68-62-57-50-47-44-41-37-32-29-26-23-20-17-14-11-8-3/h75-78,83H,6-74H2,1-5H3,(H,88,89)(H,90,91)/t76-,77-,78-/m1/s1. The Morgan fingerprint density at radius 1 is 0.267 bits per heavy atom. The van der Waals surface area contributed by atoms with Crippen LogP contribution in [0.4, 0.5) is 0 Å². The van der Waals surface area contributed by atoms with Crippen LogP contribution in [0.25, 0.3) is 0 Å². The van der Waals surface area contributed by atoms with Gasteiger partial charge in [0.2, 0.25) is 0 Å². The molecule has 0 rings (SSSR count). The van der Waals surface area contributed by atoms with Crippen LogP contribution in [0.1, 0.15) is 439 Å². The minimum absolute atomic E-state index is 0.108. The number of carbonyl (C=O) groups is 4. The zero-order valence-electron chi connectivity index (χ0n) is 66.1. The van der Waals surface area contributed by atoms with Crippen molar-refractivity contribution in [1.82, 2.24) is 0 Å². The Bertz CT molecular complexity index is 1930. The summed E-state index contributed by atoms with van der Waals surface area (Å²) in [5.74, 6) is -1.43. The molecule has 0 amide bonds. The highest BCUT2D eigenvalue weighted by atomic mass is 31.2. The van der Waals surface area contributed by atoms with Gasteiger partial charge in [0.25, 0.3) is 0 Å². The smallest absolute Gasteiger partial charge is 0.462 e. The van der Waals surface area contributed by atoms with Gasteiger partial charge >= 0.3 is 39.5 Å². The first-order valence-electron chi connectivity index (χ1n) is 42.6. The zero-order chi connectivity index (χ0) is 74.1. The number of hydrogen-bond donors (Lipinski definition) is 3. The molecule has 0 saturated carbocycles. The molecule has 0 spiro atoms. The highest BCUT2D eigenvalue weighted by Crippen LogP contribution is 2.45. The highest BCUT2D eigenvalue weighted by Gasteiger charge is 2.30. The van der Waals surface area contributed by atoms with Crippen LogP contribution in [-0.2, 0) is 65.4 Å². The molecule has 600 valence electrons. The van der Waals surface area contributed by atoms with Crippen LogP contribution >= 0.6 is 15.6 Å². The van der Waals surface area contributed by atoms with E-state index < -0.39 is 97.5 Å². The lowest BCUT2D eigenvalue weighted by Crippen LogP contribution is -2.30. The van der Waals surface area contributed by atoms with Crippen molar-refractivity contribution in [2.75, 3.05) is 39.6 Å². The molecular weight excluding hydrogens is 1320 g/mol. The molecule has 17 nitrogen and oxygen atoms in total. The summed E-state index contributed by atoms with van der Waals surface area (Å²) in [5.41, 5.74) is 0. The van der Waals surface area contributed by atoms with E-state index in [2.05, 4.69) is 34.6 Å². The molecule has 0 radical (unpaired) electrons. The number of hydrogen-bond acceptors (Lipinski definition) is 15. The van der Waals surface area contributed by atoms with Gasteiger partial charge in [0.05, 0.1) is 26.4 Å². The molecule has 101 heavy (non-hydrogen) atoms. The average Bonchev–Trinajstić information content (AvgIpc) is 0.937. The quantitative estimate of drug-likeness (QED) is 0.0222. The van der Waals surface area contributed by atoms with Crippen molar-refractivity contribution in [1.29, 1.82) is 0 Å². The summed E-state index contributed by atoms with van der Waals surface area (Å²) in [7, 11) is -9.92. The number of phosphoric ester groups is 2. The fourth-order valence-corrected chi connectivity index (χ4v) is 14.3. The summed E-state index contributed by atoms with van der Waals surface area (Å²) >= 11 is 0. The van der Waals surface area contributed by atoms with Crippen molar-refractivity contribution in [3.05, 3.63) is 0 Å². The molecule has 0 aliphatic rings. The van der Waals surface area contributed by atoms with Crippen molar-refractivity contribution in [3.63, 3.8) is 0 Å². The maximum atomic E-state index is 13.1. The van der Waals surface area contributed by atoms with Crippen LogP contribution in [0.5, 0.6) is 0 Å². The van der Waals surface area contributed by atoms with E-state index in [0.29, 0.717) is 31.6 Å². The number of phosphoric acid groups is 2. The summed E-state index contributed by atoms with van der Waals surface area (Å²) in [6.07, 6.45) is 66.8. The van der Waals surface area contributed by atoms with E-state index in [9.17, 15) is 43.2 Å². The molecule has 19 heteroatoms. The largest absolute Gasteiger partial charge is 0.472 e. The minimum Gasteiger partial charge on any atom is -0.462 e. The predicted octanol–water partition coefficient (Wildman–Crippen LogP) is 24.8. The number of esters is 4. The van der Waals surface area contributed by atoms with Crippen molar-refractivity contribution in [3.8, 4) is 0 Å². The number of aliphatic hydroxyl groups is 1. The number of carbonyl (C=O) groups excluding carboxylic acids is 4. The summed E-state index contributed by atoms with van der Waals surface area (Å²) in [5, 5.41) is 10.6. The molecule has 0 aliphatic heterocycles. The second-order valence-electron chi connectivity index (χ2n) is 30.0. The number of ether oxygens (including phenoxy) is 4. The Balaban J connectivity index is 5.22. The lowest BCUT2D eigenvalue weighted by molar-refractivity contribution is -0.161. The molecule has 3 N–H and O–H groups in total. The Morgan fingerprint density at radius 3 is 0.673 bits per heavy atom. The second kappa shape index (κ2) is 74.9. The van der Waals surface area contributed by atoms with Crippen molar-refractivity contribution < 1.29 is 80.2 Å². The highest BCUT2D eigenvalue weighted by molar-refractivity contribution is 7.47. The van der Waals surface area contributed by atoms with Gasteiger partial charge in [0, 0.05) is 25.7 Å². The van der Waals surface area contributed by atoms with Gasteiger partial charge in [0.1, 0.15) is 19.3 Å². The van der Waals surface area contributed by atoms with Gasteiger partial charge in [-0.2, -0.15) is 0 Å². The van der Waals surface area contributed by atoms with Crippen LogP contribution in [0.2, 0.25) is 0 Å². The van der Waals surface area contributed by atoms with Gasteiger partial charge < -0.3 is 33.8 Å². The van der Waals surface area contributed by atoms with Gasteiger partial charge in [-0.25, -0.2) is 9.13 Å². The van der Waals surface area contributed by atoms with Crippen LogP contribution in [-0.4, -0.2) is 96.7 Å². The normalized spacial score (nSPS) is 13.8. The summed E-state index contributed by atoms with van der Waals surface area (Å²) in [6.45, 7) is 7.26. The zero-order valence-corrected chi connectivity index (χ0v) is 67.8. The predicted molar refractivity (Wildman–Crippen MR) is 414 cm³/mol. The summed E-state index contributed by atoms with van der Waals surface area (Å²) < 4.78 is 68.7. The van der Waals surface area contributed by atoms with Crippen LogP contribution in [0.15, 0.2) is 0 Å². The van der Waals surface area contributed by atoms with Gasteiger partial charge in [-0.15, -0.1) is 0 Å². The molecular formula is C82H160O17P2. The molecule has 0 fully saturated rings. The molecule has 0 bridgehead atoms. The van der Waals surface area contributed by atoms with Gasteiger partial charge in [0.15, 0.2) is 12.2 Å². The molecule has 5 atom stereocenters. The van der Waals surface area contributed by atoms with E-state index in [1.54, 1.807) is 0 Å². The van der Waals surface area contributed by atoms with E-state index in [1.165, 1.54) is 257 Å². The number of aliphatic hydroxyl groups excluding tert-OH is 1. The SMILES string of the molecule is CCCCCCCCCCCCCCCCCCCCCC(=O)O[C@H](COC(=O)CCCCCCCCCCCCCCCCCCC)COP(=O)(O)OC[C@@H](O)COP(=O)(O)OC[C@@H](COC(=O)CCCCCCCCC(C)C)OC(=O)CCCCCCCCCCCCCCCCCC. The topological polar surface area (TPSA) is 237 Å². The van der Waals surface area contributed by atoms with Gasteiger partial charge in [-0.1, -0.05) is 388 Å². The van der Waals surface area contributed by atoms with Gasteiger partial charge in [-0.3, -0.25) is 37.3 Å². The average molecular weight is 1480 g/mol. The van der Waals surface area contributed by atoms with Gasteiger partial charge in [-0.05, 0) is 31.6 Å². The Morgan fingerprint density at radius 2 is 0.455 bits per heavy atom. The molecule has 0 heterocycles. The number of unbranched alkanes of at least 4 members (excludes halogenated alkanes) is 54. The fraction of sp³-hybridized carbons (Fsp3) is 0.951. The van der Waals surface area contributed by atoms with Crippen LogP contribution < -0.4 is 0 Å². The van der Waals surface area contributed by atoms with E-state index in [1.807, 2.05) is 0 Å². The fourth-order valence-electron chi connectivity index (χ4n) is 12.8. The van der Waals surface area contributed by atoms with E-state index in [4.69, 9.17) is 37.0 Å². The lowest BCUT2D eigenvalue weighted by Gasteiger charge is -2.21. The molecule has 0 aliphatic carbocycles. The van der Waals surface area contributed by atoms with E-state index in [0.717, 1.165) is 96.3 Å². The maximum absolute atomic E-state index is 13.1. The monoisotopic (exact) mass is 1480 g/mol. The van der Waals surface area contributed by atoms with Crippen molar-refractivity contribution >= 4 is 39.5 Å². The molecule has 0 aromatic carbocycles. The van der Waals surface area contributed by atoms with Crippen LogP contribution in [0.3, 0.4) is 0 Å². The van der Waals surface area contributed by atoms with E-state index >= 15 is 0 Å². The lowest BCUT2D eigenvalue weighted by atomic mass is 10.0. The molecule has 2 unspecified atom stereocenters. The molecule has 0 aromatic rings. The van der Waals surface area contributed by atoms with E-state index in [-0.39, 0.29) is 25.7 Å². The molecule has 0 saturated heterocycles. The van der Waals surface area contributed by atoms with Crippen LogP contribution in [0, 0.1) is 5.92 Å². The Kier molecular flexibility index (Phi) is 73.5. The maximum Gasteiger partial charge on any atom is 0.472 e. The minimum atomic E-state index is -4.96. The van der Waals surface area contributed by atoms with Crippen molar-refractivity contribution in [2.24, 2.45) is 5.92 Å². The summed E-state index contributed by atoms with van der Waals surface area (Å²) in [4.78, 5) is 73.0. The Hall–Kier alpha value is -1.94. The Labute approximate surface area is 619 Å². The second-order valence-corrected chi connectivity index (χ2v) is 32.9. The first-order valence-corrected chi connectivity index (χ1v) is 45.6. The summed E-state index contributed by atoms with van der Waals surface area (Å²) in [6, 6.07) is 0. The first kappa shape index (κ1) is 99.1.